The summed E-state index contributed by atoms with van der Waals surface area (Å²) < 4.78 is 10.7. The SMILES string of the molecule is CCC1CCCCN1C(=O)c1cc(C(=O)NCc2ccc3c(c2)OCO3)ccn1. The summed E-state index contributed by atoms with van der Waals surface area (Å²) in [6.45, 7) is 3.42. The van der Waals surface area contributed by atoms with E-state index in [1.165, 1.54) is 6.20 Å². The molecule has 2 aliphatic rings. The van der Waals surface area contributed by atoms with Crippen molar-refractivity contribution in [3.8, 4) is 11.5 Å². The Kier molecular flexibility index (Phi) is 5.64. The average Bonchev–Trinajstić information content (AvgIpc) is 3.25. The number of ether oxygens (including phenoxy) is 2. The monoisotopic (exact) mass is 395 g/mol. The highest BCUT2D eigenvalue weighted by atomic mass is 16.7. The van der Waals surface area contributed by atoms with Gasteiger partial charge in [0.15, 0.2) is 11.5 Å². The number of fused-ring (bicyclic) bond motifs is 1. The van der Waals surface area contributed by atoms with Crippen molar-refractivity contribution in [3.05, 3.63) is 53.3 Å². The zero-order chi connectivity index (χ0) is 20.2. The molecular weight excluding hydrogens is 370 g/mol. The second kappa shape index (κ2) is 8.51. The van der Waals surface area contributed by atoms with E-state index >= 15 is 0 Å². The van der Waals surface area contributed by atoms with Gasteiger partial charge in [0.05, 0.1) is 0 Å². The van der Waals surface area contributed by atoms with Gasteiger partial charge in [-0.1, -0.05) is 13.0 Å². The minimum atomic E-state index is -0.246. The van der Waals surface area contributed by atoms with E-state index in [1.54, 1.807) is 12.1 Å². The van der Waals surface area contributed by atoms with Crippen molar-refractivity contribution in [3.63, 3.8) is 0 Å². The molecule has 1 fully saturated rings. The van der Waals surface area contributed by atoms with Gasteiger partial charge in [0.2, 0.25) is 6.79 Å². The molecule has 0 bridgehead atoms. The number of nitrogens with one attached hydrogen (secondary N) is 1. The molecular formula is C22H25N3O4. The van der Waals surface area contributed by atoms with E-state index < -0.39 is 0 Å². The van der Waals surface area contributed by atoms with E-state index in [4.69, 9.17) is 9.47 Å². The third-order valence-electron chi connectivity index (χ3n) is 5.49. The minimum Gasteiger partial charge on any atom is -0.454 e. The Morgan fingerprint density at radius 2 is 2.03 bits per heavy atom. The standard InChI is InChI=1S/C22H25N3O4/c1-2-17-5-3-4-10-25(17)22(27)18-12-16(8-9-23-18)21(26)24-13-15-6-7-19-20(11-15)29-14-28-19/h6-9,11-12,17H,2-5,10,13-14H2,1H3,(H,24,26). The second-order valence-electron chi connectivity index (χ2n) is 7.36. The molecule has 0 saturated carbocycles. The molecule has 0 aliphatic carbocycles. The zero-order valence-electron chi connectivity index (χ0n) is 16.5. The number of hydrogen-bond donors (Lipinski definition) is 1. The molecule has 4 rings (SSSR count). The summed E-state index contributed by atoms with van der Waals surface area (Å²) in [5.74, 6) is 1.05. The van der Waals surface area contributed by atoms with Gasteiger partial charge in [0.1, 0.15) is 5.69 Å². The first-order chi connectivity index (χ1) is 14.2. The molecule has 0 radical (unpaired) electrons. The van der Waals surface area contributed by atoms with Gasteiger partial charge in [-0.3, -0.25) is 14.6 Å². The minimum absolute atomic E-state index is 0.0954. The van der Waals surface area contributed by atoms with Crippen LogP contribution in [0.1, 0.15) is 59.0 Å². The zero-order valence-corrected chi connectivity index (χ0v) is 16.5. The van der Waals surface area contributed by atoms with Gasteiger partial charge >= 0.3 is 0 Å². The van der Waals surface area contributed by atoms with Crippen LogP contribution in [0, 0.1) is 0 Å². The van der Waals surface area contributed by atoms with E-state index in [2.05, 4.69) is 17.2 Å². The number of amides is 2. The van der Waals surface area contributed by atoms with Crippen LogP contribution in [0.2, 0.25) is 0 Å². The fourth-order valence-electron chi connectivity index (χ4n) is 3.86. The lowest BCUT2D eigenvalue weighted by Crippen LogP contribution is -2.43. The molecule has 1 unspecified atom stereocenters. The topological polar surface area (TPSA) is 80.8 Å². The Balaban J connectivity index is 1.42. The highest BCUT2D eigenvalue weighted by Crippen LogP contribution is 2.32. The molecule has 29 heavy (non-hydrogen) atoms. The van der Waals surface area contributed by atoms with Crippen molar-refractivity contribution in [1.82, 2.24) is 15.2 Å². The quantitative estimate of drug-likeness (QED) is 0.841. The fourth-order valence-corrected chi connectivity index (χ4v) is 3.86. The number of rotatable bonds is 5. The van der Waals surface area contributed by atoms with Crippen LogP contribution >= 0.6 is 0 Å². The summed E-state index contributed by atoms with van der Waals surface area (Å²) in [5, 5.41) is 2.88. The van der Waals surface area contributed by atoms with E-state index in [9.17, 15) is 9.59 Å². The summed E-state index contributed by atoms with van der Waals surface area (Å²) >= 11 is 0. The van der Waals surface area contributed by atoms with E-state index in [0.29, 0.717) is 29.3 Å². The van der Waals surface area contributed by atoms with Crippen LogP contribution < -0.4 is 14.8 Å². The lowest BCUT2D eigenvalue weighted by Gasteiger charge is -2.35. The maximum Gasteiger partial charge on any atom is 0.272 e. The van der Waals surface area contributed by atoms with Gasteiger partial charge in [-0.05, 0) is 55.5 Å². The number of nitrogens with zero attached hydrogens (tertiary/aromatic N) is 2. The molecule has 1 atom stereocenters. The van der Waals surface area contributed by atoms with E-state index in [-0.39, 0.29) is 24.6 Å². The highest BCUT2D eigenvalue weighted by molar-refractivity contribution is 5.98. The van der Waals surface area contributed by atoms with Crippen molar-refractivity contribution >= 4 is 11.8 Å². The Labute approximate surface area is 170 Å². The summed E-state index contributed by atoms with van der Waals surface area (Å²) in [4.78, 5) is 31.7. The Bertz CT molecular complexity index is 915. The van der Waals surface area contributed by atoms with Crippen molar-refractivity contribution in [2.24, 2.45) is 0 Å². The maximum atomic E-state index is 12.9. The summed E-state index contributed by atoms with van der Waals surface area (Å²) in [5.41, 5.74) is 1.65. The smallest absolute Gasteiger partial charge is 0.272 e. The first kappa shape index (κ1) is 19.2. The number of likely N-dealkylation sites (tertiary alicyclic amines) is 1. The Morgan fingerprint density at radius 1 is 1.17 bits per heavy atom. The van der Waals surface area contributed by atoms with Crippen LogP contribution in [0.4, 0.5) is 0 Å². The van der Waals surface area contributed by atoms with Crippen LogP contribution in [0.15, 0.2) is 36.5 Å². The number of pyridine rings is 1. The van der Waals surface area contributed by atoms with Crippen molar-refractivity contribution < 1.29 is 19.1 Å². The average molecular weight is 395 g/mol. The largest absolute Gasteiger partial charge is 0.454 e. The molecule has 2 aliphatic heterocycles. The van der Waals surface area contributed by atoms with Crippen molar-refractivity contribution in [2.45, 2.75) is 45.2 Å². The van der Waals surface area contributed by atoms with Gasteiger partial charge in [-0.25, -0.2) is 0 Å². The predicted molar refractivity (Wildman–Crippen MR) is 107 cm³/mol. The number of piperidine rings is 1. The molecule has 1 N–H and O–H groups in total. The molecule has 0 spiro atoms. The third kappa shape index (κ3) is 4.18. The summed E-state index contributed by atoms with van der Waals surface area (Å²) in [6, 6.07) is 9.02. The molecule has 2 aromatic rings. The lowest BCUT2D eigenvalue weighted by molar-refractivity contribution is 0.0602. The number of carbonyl (C=O) groups excluding carboxylic acids is 2. The number of benzene rings is 1. The predicted octanol–water partition coefficient (Wildman–Crippen LogP) is 3.15. The lowest BCUT2D eigenvalue weighted by atomic mass is 9.99. The maximum absolute atomic E-state index is 12.9. The molecule has 2 amide bonds. The van der Waals surface area contributed by atoms with Gasteiger partial charge < -0.3 is 19.7 Å². The van der Waals surface area contributed by atoms with Crippen LogP contribution in [0.25, 0.3) is 0 Å². The molecule has 1 saturated heterocycles. The first-order valence-corrected chi connectivity index (χ1v) is 10.1. The van der Waals surface area contributed by atoms with Crippen LogP contribution in [-0.2, 0) is 6.54 Å². The first-order valence-electron chi connectivity index (χ1n) is 10.1. The fraction of sp³-hybridized carbons (Fsp3) is 0.409. The van der Waals surface area contributed by atoms with Crippen LogP contribution in [-0.4, -0.2) is 41.1 Å². The van der Waals surface area contributed by atoms with Gasteiger partial charge in [-0.2, -0.15) is 0 Å². The molecule has 3 heterocycles. The molecule has 7 nitrogen and oxygen atoms in total. The van der Waals surface area contributed by atoms with Crippen molar-refractivity contribution in [1.29, 1.82) is 0 Å². The van der Waals surface area contributed by atoms with Crippen LogP contribution in [0.3, 0.4) is 0 Å². The Morgan fingerprint density at radius 3 is 2.90 bits per heavy atom. The highest BCUT2D eigenvalue weighted by Gasteiger charge is 2.27. The Hall–Kier alpha value is -3.09. The third-order valence-corrected chi connectivity index (χ3v) is 5.49. The van der Waals surface area contributed by atoms with Gasteiger partial charge in [0, 0.05) is 30.9 Å². The normalized spacial score (nSPS) is 17.8. The molecule has 1 aromatic carbocycles. The summed E-state index contributed by atoms with van der Waals surface area (Å²) in [6.07, 6.45) is 5.64. The molecule has 1 aromatic heterocycles. The van der Waals surface area contributed by atoms with E-state index in [0.717, 1.165) is 37.8 Å². The second-order valence-corrected chi connectivity index (χ2v) is 7.36. The number of hydrogen-bond acceptors (Lipinski definition) is 5. The van der Waals surface area contributed by atoms with Crippen molar-refractivity contribution in [2.75, 3.05) is 13.3 Å². The molecule has 152 valence electrons. The van der Waals surface area contributed by atoms with Crippen LogP contribution in [0.5, 0.6) is 11.5 Å². The number of aromatic nitrogens is 1. The summed E-state index contributed by atoms with van der Waals surface area (Å²) in [7, 11) is 0. The van der Waals surface area contributed by atoms with Gasteiger partial charge in [-0.15, -0.1) is 0 Å². The number of carbonyl (C=O) groups is 2. The molecule has 7 heteroatoms. The van der Waals surface area contributed by atoms with E-state index in [1.807, 2.05) is 23.1 Å². The van der Waals surface area contributed by atoms with Gasteiger partial charge in [0.25, 0.3) is 11.8 Å².